The first-order chi connectivity index (χ1) is 7.72. The predicted molar refractivity (Wildman–Crippen MR) is 60.4 cm³/mol. The highest BCUT2D eigenvalue weighted by Gasteiger charge is 2.28. The van der Waals surface area contributed by atoms with E-state index in [2.05, 4.69) is 9.59 Å². The van der Waals surface area contributed by atoms with E-state index in [0.717, 1.165) is 37.5 Å². The molecular formula is C10H15N3O2S. The van der Waals surface area contributed by atoms with E-state index in [0.29, 0.717) is 16.5 Å². The van der Waals surface area contributed by atoms with Gasteiger partial charge >= 0.3 is 0 Å². The molecule has 0 radical (unpaired) electrons. The predicted octanol–water partition coefficient (Wildman–Crippen LogP) is 0.691. The number of aliphatic hydroxyl groups is 1. The van der Waals surface area contributed by atoms with Gasteiger partial charge in [-0.05, 0) is 37.2 Å². The van der Waals surface area contributed by atoms with Gasteiger partial charge < -0.3 is 10.0 Å². The Morgan fingerprint density at radius 3 is 3.12 bits per heavy atom. The van der Waals surface area contributed by atoms with E-state index < -0.39 is 0 Å². The molecule has 2 rings (SSSR count). The zero-order valence-electron chi connectivity index (χ0n) is 9.22. The van der Waals surface area contributed by atoms with E-state index in [9.17, 15) is 4.79 Å². The molecule has 1 fully saturated rings. The molecule has 0 bridgehead atoms. The normalized spacial score (nSPS) is 20.4. The van der Waals surface area contributed by atoms with Crippen LogP contribution in [0.5, 0.6) is 0 Å². The minimum atomic E-state index is 0.0351. The molecule has 1 amide bonds. The lowest BCUT2D eigenvalue weighted by Crippen LogP contribution is -2.28. The van der Waals surface area contributed by atoms with E-state index in [-0.39, 0.29) is 12.5 Å². The Hall–Kier alpha value is -1.01. The van der Waals surface area contributed by atoms with Gasteiger partial charge in [-0.3, -0.25) is 4.79 Å². The van der Waals surface area contributed by atoms with E-state index >= 15 is 0 Å². The van der Waals surface area contributed by atoms with Crippen molar-refractivity contribution in [1.82, 2.24) is 14.5 Å². The molecule has 1 aromatic heterocycles. The van der Waals surface area contributed by atoms with Crippen LogP contribution < -0.4 is 0 Å². The third-order valence-corrected chi connectivity index (χ3v) is 3.77. The molecule has 16 heavy (non-hydrogen) atoms. The molecule has 88 valence electrons. The van der Waals surface area contributed by atoms with Gasteiger partial charge in [0, 0.05) is 19.7 Å². The lowest BCUT2D eigenvalue weighted by molar-refractivity contribution is 0.0788. The Balaban J connectivity index is 2.00. The van der Waals surface area contributed by atoms with Crippen LogP contribution in [-0.4, -0.2) is 45.2 Å². The maximum absolute atomic E-state index is 12.1. The van der Waals surface area contributed by atoms with E-state index in [1.807, 2.05) is 4.90 Å². The molecule has 5 nitrogen and oxygen atoms in total. The number of aryl methyl sites for hydroxylation is 1. The Labute approximate surface area is 98.2 Å². The van der Waals surface area contributed by atoms with Crippen LogP contribution in [0, 0.1) is 12.8 Å². The first-order valence-corrected chi connectivity index (χ1v) is 6.18. The van der Waals surface area contributed by atoms with Crippen LogP contribution in [0.2, 0.25) is 0 Å². The second-order valence-electron chi connectivity index (χ2n) is 4.11. The number of carbonyl (C=O) groups is 1. The van der Waals surface area contributed by atoms with Crippen molar-refractivity contribution in [2.75, 3.05) is 19.7 Å². The lowest BCUT2D eigenvalue weighted by atomic mass is 10.1. The number of likely N-dealkylation sites (tertiary alicyclic amines) is 1. The van der Waals surface area contributed by atoms with Crippen molar-refractivity contribution >= 4 is 17.4 Å². The van der Waals surface area contributed by atoms with Crippen molar-refractivity contribution in [3.05, 3.63) is 10.6 Å². The van der Waals surface area contributed by atoms with Gasteiger partial charge in [0.2, 0.25) is 0 Å². The highest BCUT2D eigenvalue weighted by Crippen LogP contribution is 2.22. The molecular weight excluding hydrogens is 226 g/mol. The van der Waals surface area contributed by atoms with Gasteiger partial charge in [-0.15, -0.1) is 5.10 Å². The Morgan fingerprint density at radius 1 is 1.69 bits per heavy atom. The summed E-state index contributed by atoms with van der Waals surface area (Å²) in [6.45, 7) is 3.53. The van der Waals surface area contributed by atoms with E-state index in [1.165, 1.54) is 0 Å². The quantitative estimate of drug-likeness (QED) is 0.845. The molecule has 1 atom stereocenters. The second kappa shape index (κ2) is 4.88. The van der Waals surface area contributed by atoms with Crippen LogP contribution in [0.3, 0.4) is 0 Å². The fourth-order valence-corrected chi connectivity index (χ4v) is 2.63. The van der Waals surface area contributed by atoms with Crippen molar-refractivity contribution in [3.63, 3.8) is 0 Å². The number of nitrogens with zero attached hydrogens (tertiary/aromatic N) is 3. The minimum Gasteiger partial charge on any atom is -0.396 e. The zero-order chi connectivity index (χ0) is 11.5. The van der Waals surface area contributed by atoms with Gasteiger partial charge in [0.25, 0.3) is 5.91 Å². The summed E-state index contributed by atoms with van der Waals surface area (Å²) in [6, 6.07) is 0. The van der Waals surface area contributed by atoms with Crippen molar-refractivity contribution in [2.45, 2.75) is 19.8 Å². The van der Waals surface area contributed by atoms with Gasteiger partial charge in [-0.25, -0.2) is 0 Å². The Kier molecular flexibility index (Phi) is 3.50. The summed E-state index contributed by atoms with van der Waals surface area (Å²) in [5.74, 6) is 0.475. The van der Waals surface area contributed by atoms with Crippen molar-refractivity contribution in [1.29, 1.82) is 0 Å². The summed E-state index contributed by atoms with van der Waals surface area (Å²) in [5.41, 5.74) is 0.709. The summed E-state index contributed by atoms with van der Waals surface area (Å²) < 4.78 is 3.77. The summed E-state index contributed by atoms with van der Waals surface area (Å²) in [5, 5.41) is 12.7. The first-order valence-electron chi connectivity index (χ1n) is 5.41. The highest BCUT2D eigenvalue weighted by atomic mass is 32.1. The summed E-state index contributed by atoms with van der Waals surface area (Å²) in [7, 11) is 0. The SMILES string of the molecule is Cc1nnsc1C(=O)N1CCC(CCO)C1. The van der Waals surface area contributed by atoms with Crippen LogP contribution >= 0.6 is 11.5 Å². The molecule has 2 heterocycles. The number of rotatable bonds is 3. The van der Waals surface area contributed by atoms with Crippen molar-refractivity contribution < 1.29 is 9.90 Å². The molecule has 1 unspecified atom stereocenters. The van der Waals surface area contributed by atoms with E-state index in [1.54, 1.807) is 6.92 Å². The third kappa shape index (κ3) is 2.22. The van der Waals surface area contributed by atoms with Gasteiger partial charge in [-0.2, -0.15) is 0 Å². The number of amides is 1. The second-order valence-corrected chi connectivity index (χ2v) is 4.86. The molecule has 1 aliphatic heterocycles. The highest BCUT2D eigenvalue weighted by molar-refractivity contribution is 7.07. The maximum atomic E-state index is 12.1. The molecule has 0 aromatic carbocycles. The average molecular weight is 241 g/mol. The number of hydrogen-bond donors (Lipinski definition) is 1. The van der Waals surface area contributed by atoms with Crippen LogP contribution in [0.4, 0.5) is 0 Å². The van der Waals surface area contributed by atoms with Crippen molar-refractivity contribution in [2.24, 2.45) is 5.92 Å². The molecule has 1 saturated heterocycles. The molecule has 1 N–H and O–H groups in total. The van der Waals surface area contributed by atoms with Crippen molar-refractivity contribution in [3.8, 4) is 0 Å². The molecule has 6 heteroatoms. The monoisotopic (exact) mass is 241 g/mol. The smallest absolute Gasteiger partial charge is 0.267 e. The fraction of sp³-hybridized carbons (Fsp3) is 0.700. The Morgan fingerprint density at radius 2 is 2.50 bits per heavy atom. The standard InChI is InChI=1S/C10H15N3O2S/c1-7-9(16-12-11-7)10(15)13-4-2-8(6-13)3-5-14/h8,14H,2-6H2,1H3. The maximum Gasteiger partial charge on any atom is 0.267 e. The number of aromatic nitrogens is 2. The molecule has 0 saturated carbocycles. The minimum absolute atomic E-state index is 0.0351. The first kappa shape index (κ1) is 11.5. The third-order valence-electron chi connectivity index (χ3n) is 2.96. The van der Waals surface area contributed by atoms with Gasteiger partial charge in [0.1, 0.15) is 4.88 Å². The van der Waals surface area contributed by atoms with Crippen LogP contribution in [0.25, 0.3) is 0 Å². The van der Waals surface area contributed by atoms with Gasteiger partial charge in [-0.1, -0.05) is 4.49 Å². The summed E-state index contributed by atoms with van der Waals surface area (Å²) >= 11 is 1.16. The number of aliphatic hydroxyl groups excluding tert-OH is 1. The topological polar surface area (TPSA) is 66.3 Å². The van der Waals surface area contributed by atoms with E-state index in [4.69, 9.17) is 5.11 Å². The molecule has 1 aliphatic rings. The number of hydrogen-bond acceptors (Lipinski definition) is 5. The average Bonchev–Trinajstić information content (AvgIpc) is 2.87. The fourth-order valence-electron chi connectivity index (χ4n) is 2.01. The van der Waals surface area contributed by atoms with Crippen LogP contribution in [0.1, 0.15) is 28.2 Å². The summed E-state index contributed by atoms with van der Waals surface area (Å²) in [4.78, 5) is 14.6. The molecule has 1 aromatic rings. The van der Waals surface area contributed by atoms with Crippen LogP contribution in [-0.2, 0) is 0 Å². The molecule has 0 aliphatic carbocycles. The largest absolute Gasteiger partial charge is 0.396 e. The molecule has 0 spiro atoms. The van der Waals surface area contributed by atoms with Gasteiger partial charge in [0.15, 0.2) is 0 Å². The summed E-state index contributed by atoms with van der Waals surface area (Å²) in [6.07, 6.45) is 1.77. The number of carbonyl (C=O) groups excluding carboxylic acids is 1. The van der Waals surface area contributed by atoms with Gasteiger partial charge in [0.05, 0.1) is 5.69 Å². The van der Waals surface area contributed by atoms with Crippen LogP contribution in [0.15, 0.2) is 0 Å². The lowest BCUT2D eigenvalue weighted by Gasteiger charge is -2.15. The Bertz CT molecular complexity index is 380. The zero-order valence-corrected chi connectivity index (χ0v) is 10.0.